The van der Waals surface area contributed by atoms with Crippen molar-refractivity contribution in [2.24, 2.45) is 11.7 Å². The van der Waals surface area contributed by atoms with E-state index in [1.807, 2.05) is 0 Å². The lowest BCUT2D eigenvalue weighted by Gasteiger charge is -2.20. The van der Waals surface area contributed by atoms with Gasteiger partial charge in [0.25, 0.3) is 5.91 Å². The number of aromatic nitrogens is 1. The fourth-order valence-electron chi connectivity index (χ4n) is 2.87. The second-order valence-corrected chi connectivity index (χ2v) is 5.77. The van der Waals surface area contributed by atoms with Crippen LogP contribution in [0.15, 0.2) is 18.5 Å². The highest BCUT2D eigenvalue weighted by Crippen LogP contribution is 2.25. The number of hydrogen-bond acceptors (Lipinski definition) is 4. The molecule has 1 fully saturated rings. The maximum absolute atomic E-state index is 11.9. The summed E-state index contributed by atoms with van der Waals surface area (Å²) >= 11 is 0. The van der Waals surface area contributed by atoms with E-state index in [1.165, 1.54) is 38.3 Å². The standard InChI is InChI=1S/C16H24N4O2/c17-16(22)13-11-18-7-6-14(13)19-8-9-20-15(21)10-12-4-2-1-3-5-12/h6-7,11-12H,1-5,8-10H2,(H2,17,22)(H,18,19)(H,20,21). The monoisotopic (exact) mass is 304 g/mol. The van der Waals surface area contributed by atoms with Gasteiger partial charge in [0, 0.05) is 31.9 Å². The van der Waals surface area contributed by atoms with Crippen LogP contribution in [0, 0.1) is 5.92 Å². The summed E-state index contributed by atoms with van der Waals surface area (Å²) < 4.78 is 0. The van der Waals surface area contributed by atoms with Crippen LogP contribution in [-0.2, 0) is 4.79 Å². The Labute approximate surface area is 130 Å². The number of carbonyl (C=O) groups excluding carboxylic acids is 2. The van der Waals surface area contributed by atoms with Gasteiger partial charge in [-0.25, -0.2) is 0 Å². The van der Waals surface area contributed by atoms with Gasteiger partial charge >= 0.3 is 0 Å². The lowest BCUT2D eigenvalue weighted by atomic mass is 9.87. The molecule has 120 valence electrons. The van der Waals surface area contributed by atoms with Crippen LogP contribution in [0.1, 0.15) is 48.9 Å². The van der Waals surface area contributed by atoms with Crippen LogP contribution in [0.2, 0.25) is 0 Å². The summed E-state index contributed by atoms with van der Waals surface area (Å²) in [5, 5.41) is 6.01. The fraction of sp³-hybridized carbons (Fsp3) is 0.562. The van der Waals surface area contributed by atoms with E-state index >= 15 is 0 Å². The van der Waals surface area contributed by atoms with Gasteiger partial charge in [0.2, 0.25) is 5.91 Å². The van der Waals surface area contributed by atoms with Crippen molar-refractivity contribution in [3.05, 3.63) is 24.0 Å². The van der Waals surface area contributed by atoms with Gasteiger partial charge < -0.3 is 16.4 Å². The molecule has 1 aromatic rings. The highest BCUT2D eigenvalue weighted by molar-refractivity contribution is 5.98. The molecule has 0 radical (unpaired) electrons. The first kappa shape index (κ1) is 16.3. The first-order valence-electron chi connectivity index (χ1n) is 7.91. The van der Waals surface area contributed by atoms with Crippen molar-refractivity contribution in [3.63, 3.8) is 0 Å². The largest absolute Gasteiger partial charge is 0.383 e. The Bertz CT molecular complexity index is 513. The van der Waals surface area contributed by atoms with Crippen LogP contribution < -0.4 is 16.4 Å². The van der Waals surface area contributed by atoms with Gasteiger partial charge in [0.05, 0.1) is 11.3 Å². The zero-order valence-electron chi connectivity index (χ0n) is 12.8. The molecule has 6 nitrogen and oxygen atoms in total. The number of nitrogens with zero attached hydrogens (tertiary/aromatic N) is 1. The summed E-state index contributed by atoms with van der Waals surface area (Å²) in [6.07, 6.45) is 9.80. The third-order valence-electron chi connectivity index (χ3n) is 4.05. The number of anilines is 1. The number of hydrogen-bond donors (Lipinski definition) is 3. The molecule has 4 N–H and O–H groups in total. The van der Waals surface area contributed by atoms with Gasteiger partial charge in [0.15, 0.2) is 0 Å². The molecule has 0 bridgehead atoms. The molecule has 0 atom stereocenters. The molecular formula is C16H24N4O2. The summed E-state index contributed by atoms with van der Waals surface area (Å²) in [7, 11) is 0. The molecule has 1 aliphatic carbocycles. The van der Waals surface area contributed by atoms with E-state index in [9.17, 15) is 9.59 Å². The SMILES string of the molecule is NC(=O)c1cnccc1NCCNC(=O)CC1CCCCC1. The van der Waals surface area contributed by atoms with Crippen LogP contribution in [-0.4, -0.2) is 29.9 Å². The Morgan fingerprint density at radius 2 is 2.00 bits per heavy atom. The van der Waals surface area contributed by atoms with Crippen LogP contribution >= 0.6 is 0 Å². The van der Waals surface area contributed by atoms with E-state index in [0.717, 1.165) is 0 Å². The molecule has 2 rings (SSSR count). The van der Waals surface area contributed by atoms with Crippen molar-refractivity contribution in [3.8, 4) is 0 Å². The Balaban J connectivity index is 1.68. The van der Waals surface area contributed by atoms with Gasteiger partial charge in [-0.1, -0.05) is 19.3 Å². The number of nitrogens with one attached hydrogen (secondary N) is 2. The van der Waals surface area contributed by atoms with Crippen LogP contribution in [0.5, 0.6) is 0 Å². The van der Waals surface area contributed by atoms with E-state index in [0.29, 0.717) is 36.7 Å². The van der Waals surface area contributed by atoms with Gasteiger partial charge in [-0.3, -0.25) is 14.6 Å². The molecule has 6 heteroatoms. The fourth-order valence-corrected chi connectivity index (χ4v) is 2.87. The average Bonchev–Trinajstić information content (AvgIpc) is 2.53. The Kier molecular flexibility index (Phi) is 6.18. The maximum Gasteiger partial charge on any atom is 0.252 e. The minimum Gasteiger partial charge on any atom is -0.383 e. The summed E-state index contributed by atoms with van der Waals surface area (Å²) in [6.45, 7) is 1.06. The third-order valence-corrected chi connectivity index (χ3v) is 4.05. The molecule has 0 saturated heterocycles. The maximum atomic E-state index is 11.9. The smallest absolute Gasteiger partial charge is 0.252 e. The van der Waals surface area contributed by atoms with Crippen LogP contribution in [0.4, 0.5) is 5.69 Å². The molecule has 0 spiro atoms. The number of pyridine rings is 1. The van der Waals surface area contributed by atoms with Gasteiger partial charge in [-0.05, 0) is 24.8 Å². The number of rotatable bonds is 7. The van der Waals surface area contributed by atoms with E-state index in [-0.39, 0.29) is 5.91 Å². The van der Waals surface area contributed by atoms with E-state index < -0.39 is 5.91 Å². The second kappa shape index (κ2) is 8.36. The van der Waals surface area contributed by atoms with Crippen LogP contribution in [0.25, 0.3) is 0 Å². The van der Waals surface area contributed by atoms with Gasteiger partial charge in [-0.15, -0.1) is 0 Å². The number of carbonyl (C=O) groups is 2. The average molecular weight is 304 g/mol. The van der Waals surface area contributed by atoms with E-state index in [2.05, 4.69) is 15.6 Å². The Hall–Kier alpha value is -2.11. The number of nitrogens with two attached hydrogens (primary N) is 1. The molecule has 1 saturated carbocycles. The first-order valence-corrected chi connectivity index (χ1v) is 7.91. The molecule has 1 aliphatic rings. The zero-order valence-corrected chi connectivity index (χ0v) is 12.8. The predicted octanol–water partition coefficient (Wildman–Crippen LogP) is 1.68. The minimum atomic E-state index is -0.517. The molecular weight excluding hydrogens is 280 g/mol. The van der Waals surface area contributed by atoms with E-state index in [4.69, 9.17) is 5.73 Å². The van der Waals surface area contributed by atoms with Crippen molar-refractivity contribution in [1.82, 2.24) is 10.3 Å². The molecule has 2 amide bonds. The second-order valence-electron chi connectivity index (χ2n) is 5.77. The predicted molar refractivity (Wildman–Crippen MR) is 85.4 cm³/mol. The quantitative estimate of drug-likeness (QED) is 0.668. The first-order chi connectivity index (χ1) is 10.7. The van der Waals surface area contributed by atoms with Crippen molar-refractivity contribution in [2.45, 2.75) is 38.5 Å². The third kappa shape index (κ3) is 5.02. The zero-order chi connectivity index (χ0) is 15.8. The summed E-state index contributed by atoms with van der Waals surface area (Å²) in [6, 6.07) is 1.70. The van der Waals surface area contributed by atoms with Gasteiger partial charge in [-0.2, -0.15) is 0 Å². The van der Waals surface area contributed by atoms with Crippen molar-refractivity contribution in [2.75, 3.05) is 18.4 Å². The topological polar surface area (TPSA) is 97.1 Å². The molecule has 1 heterocycles. The lowest BCUT2D eigenvalue weighted by Crippen LogP contribution is -2.30. The van der Waals surface area contributed by atoms with E-state index in [1.54, 1.807) is 12.3 Å². The normalized spacial score (nSPS) is 15.3. The molecule has 22 heavy (non-hydrogen) atoms. The molecule has 0 aromatic carbocycles. The highest BCUT2D eigenvalue weighted by Gasteiger charge is 2.16. The number of primary amides is 1. The summed E-state index contributed by atoms with van der Waals surface area (Å²) in [5.74, 6) is 0.138. The lowest BCUT2D eigenvalue weighted by molar-refractivity contribution is -0.122. The summed E-state index contributed by atoms with van der Waals surface area (Å²) in [5.41, 5.74) is 6.28. The van der Waals surface area contributed by atoms with Crippen LogP contribution in [0.3, 0.4) is 0 Å². The molecule has 0 aliphatic heterocycles. The molecule has 0 unspecified atom stereocenters. The minimum absolute atomic E-state index is 0.110. The Morgan fingerprint density at radius 3 is 2.73 bits per heavy atom. The highest BCUT2D eigenvalue weighted by atomic mass is 16.2. The van der Waals surface area contributed by atoms with Gasteiger partial charge in [0.1, 0.15) is 0 Å². The number of amides is 2. The summed E-state index contributed by atoms with van der Waals surface area (Å²) in [4.78, 5) is 27.0. The van der Waals surface area contributed by atoms with Crippen molar-refractivity contribution < 1.29 is 9.59 Å². The van der Waals surface area contributed by atoms with Crippen molar-refractivity contribution in [1.29, 1.82) is 0 Å². The van der Waals surface area contributed by atoms with Crippen molar-refractivity contribution >= 4 is 17.5 Å². The molecule has 1 aromatic heterocycles. The Morgan fingerprint density at radius 1 is 1.23 bits per heavy atom.